The summed E-state index contributed by atoms with van der Waals surface area (Å²) in [6.07, 6.45) is -4.50. The van der Waals surface area contributed by atoms with Gasteiger partial charge in [-0.2, -0.15) is 13.2 Å². The van der Waals surface area contributed by atoms with Crippen LogP contribution in [0.3, 0.4) is 0 Å². The lowest BCUT2D eigenvalue weighted by Gasteiger charge is -2.20. The monoisotopic (exact) mass is 462 g/mol. The Labute approximate surface area is 178 Å². The summed E-state index contributed by atoms with van der Waals surface area (Å²) >= 11 is 5.62. The van der Waals surface area contributed by atoms with Crippen molar-refractivity contribution in [2.45, 2.75) is 50.2 Å². The zero-order chi connectivity index (χ0) is 22.7. The van der Waals surface area contributed by atoms with E-state index in [0.717, 1.165) is 12.1 Å². The first-order valence-electron chi connectivity index (χ1n) is 8.97. The van der Waals surface area contributed by atoms with E-state index in [0.29, 0.717) is 5.56 Å². The van der Waals surface area contributed by atoms with Gasteiger partial charge in [0.05, 0.1) is 16.1 Å². The highest BCUT2D eigenvalue weighted by atomic mass is 35.5. The van der Waals surface area contributed by atoms with Gasteiger partial charge in [-0.1, -0.05) is 23.7 Å². The minimum absolute atomic E-state index is 0.0771. The Hall–Kier alpha value is -2.10. The fourth-order valence-corrected chi connectivity index (χ4v) is 4.22. The molecule has 0 aliphatic heterocycles. The highest BCUT2D eigenvalue weighted by Gasteiger charge is 2.34. The summed E-state index contributed by atoms with van der Waals surface area (Å²) in [6.45, 7) is 5.17. The van der Waals surface area contributed by atoms with Crippen LogP contribution < -0.4 is 10.0 Å². The highest BCUT2D eigenvalue weighted by Crippen LogP contribution is 2.36. The topological polar surface area (TPSA) is 75.3 Å². The van der Waals surface area contributed by atoms with Gasteiger partial charge in [-0.15, -0.1) is 0 Å². The molecule has 5 nitrogen and oxygen atoms in total. The van der Waals surface area contributed by atoms with E-state index < -0.39 is 33.2 Å². The van der Waals surface area contributed by atoms with Gasteiger partial charge in [0.2, 0.25) is 15.9 Å². The van der Waals surface area contributed by atoms with Crippen LogP contribution in [0.1, 0.15) is 38.3 Å². The van der Waals surface area contributed by atoms with E-state index in [1.807, 2.05) is 0 Å². The SMILES string of the molecule is CC(C)(C)NS(=O)(=O)c1ccc(CCC(=O)Nc2ccc(Cl)cc2C(F)(F)F)cc1. The number of hydrogen-bond acceptors (Lipinski definition) is 3. The maximum Gasteiger partial charge on any atom is 0.418 e. The van der Waals surface area contributed by atoms with E-state index in [1.165, 1.54) is 18.2 Å². The first kappa shape index (κ1) is 24.2. The lowest BCUT2D eigenvalue weighted by Crippen LogP contribution is -2.40. The predicted octanol–water partition coefficient (Wildman–Crippen LogP) is 5.01. The number of carbonyl (C=O) groups is 1. The number of benzene rings is 2. The minimum atomic E-state index is -4.66. The molecular formula is C20H22ClF3N2O3S. The quantitative estimate of drug-likeness (QED) is 0.633. The molecule has 30 heavy (non-hydrogen) atoms. The van der Waals surface area contributed by atoms with Crippen molar-refractivity contribution in [2.24, 2.45) is 0 Å². The number of anilines is 1. The van der Waals surface area contributed by atoms with Gasteiger partial charge in [0.1, 0.15) is 0 Å². The Morgan fingerprint density at radius 3 is 2.17 bits per heavy atom. The second kappa shape index (κ2) is 8.95. The van der Waals surface area contributed by atoms with E-state index in [9.17, 15) is 26.4 Å². The van der Waals surface area contributed by atoms with Crippen LogP contribution in [0.2, 0.25) is 5.02 Å². The molecule has 1 amide bonds. The zero-order valence-electron chi connectivity index (χ0n) is 16.6. The summed E-state index contributed by atoms with van der Waals surface area (Å²) in [5.74, 6) is -0.603. The minimum Gasteiger partial charge on any atom is -0.325 e. The number of nitrogens with one attached hydrogen (secondary N) is 2. The molecule has 0 heterocycles. The highest BCUT2D eigenvalue weighted by molar-refractivity contribution is 7.89. The number of rotatable bonds is 6. The number of alkyl halides is 3. The third kappa shape index (κ3) is 7.00. The second-order valence-corrected chi connectivity index (χ2v) is 9.85. The van der Waals surface area contributed by atoms with Crippen molar-refractivity contribution in [3.8, 4) is 0 Å². The van der Waals surface area contributed by atoms with Crippen LogP contribution in [0.15, 0.2) is 47.4 Å². The van der Waals surface area contributed by atoms with Crippen molar-refractivity contribution in [3.63, 3.8) is 0 Å². The Morgan fingerprint density at radius 1 is 1.03 bits per heavy atom. The molecule has 0 saturated heterocycles. The maximum atomic E-state index is 13.1. The number of sulfonamides is 1. The van der Waals surface area contributed by atoms with Gasteiger partial charge >= 0.3 is 6.18 Å². The van der Waals surface area contributed by atoms with Crippen LogP contribution in [0.5, 0.6) is 0 Å². The Balaban J connectivity index is 2.03. The van der Waals surface area contributed by atoms with E-state index in [2.05, 4.69) is 10.0 Å². The fraction of sp³-hybridized carbons (Fsp3) is 0.350. The first-order chi connectivity index (χ1) is 13.7. The molecule has 2 rings (SSSR count). The van der Waals surface area contributed by atoms with E-state index >= 15 is 0 Å². The van der Waals surface area contributed by atoms with Crippen molar-refractivity contribution >= 4 is 33.2 Å². The lowest BCUT2D eigenvalue weighted by atomic mass is 10.1. The first-order valence-corrected chi connectivity index (χ1v) is 10.8. The molecule has 0 fully saturated rings. The molecule has 0 unspecified atom stereocenters. The summed E-state index contributed by atoms with van der Waals surface area (Å²) < 4.78 is 66.4. The van der Waals surface area contributed by atoms with Gasteiger partial charge in [0.15, 0.2) is 0 Å². The number of halogens is 4. The van der Waals surface area contributed by atoms with Gasteiger partial charge in [-0.05, 0) is 63.1 Å². The molecule has 2 aromatic carbocycles. The Morgan fingerprint density at radius 2 is 1.63 bits per heavy atom. The lowest BCUT2D eigenvalue weighted by molar-refractivity contribution is -0.137. The molecule has 0 spiro atoms. The fourth-order valence-electron chi connectivity index (χ4n) is 2.63. The number of amides is 1. The van der Waals surface area contributed by atoms with Crippen molar-refractivity contribution in [2.75, 3.05) is 5.32 Å². The van der Waals surface area contributed by atoms with Crippen molar-refractivity contribution in [1.29, 1.82) is 0 Å². The maximum absolute atomic E-state index is 13.1. The molecular weight excluding hydrogens is 441 g/mol. The third-order valence-electron chi connectivity index (χ3n) is 3.88. The van der Waals surface area contributed by atoms with Gasteiger partial charge < -0.3 is 5.32 Å². The smallest absolute Gasteiger partial charge is 0.325 e. The van der Waals surface area contributed by atoms with Crippen LogP contribution in [0, 0.1) is 0 Å². The average molecular weight is 463 g/mol. The molecule has 0 saturated carbocycles. The number of carbonyl (C=O) groups excluding carboxylic acids is 1. The molecule has 2 aromatic rings. The average Bonchev–Trinajstić information content (AvgIpc) is 2.59. The van der Waals surface area contributed by atoms with Crippen molar-refractivity contribution in [1.82, 2.24) is 4.72 Å². The van der Waals surface area contributed by atoms with E-state index in [4.69, 9.17) is 11.6 Å². The predicted molar refractivity (Wildman–Crippen MR) is 110 cm³/mol. The second-order valence-electron chi connectivity index (χ2n) is 7.74. The largest absolute Gasteiger partial charge is 0.418 e. The molecule has 0 radical (unpaired) electrons. The van der Waals surface area contributed by atoms with Crippen LogP contribution in [0.4, 0.5) is 18.9 Å². The van der Waals surface area contributed by atoms with Crippen molar-refractivity contribution < 1.29 is 26.4 Å². The molecule has 0 aromatic heterocycles. The summed E-state index contributed by atoms with van der Waals surface area (Å²) in [6, 6.07) is 9.08. The third-order valence-corrected chi connectivity index (χ3v) is 5.89. The zero-order valence-corrected chi connectivity index (χ0v) is 18.2. The molecule has 0 atom stereocenters. The molecule has 0 aliphatic carbocycles. The van der Waals surface area contributed by atoms with Crippen molar-refractivity contribution in [3.05, 3.63) is 58.6 Å². The number of aryl methyl sites for hydroxylation is 1. The summed E-state index contributed by atoms with van der Waals surface area (Å²) in [4.78, 5) is 12.2. The van der Waals surface area contributed by atoms with Gasteiger partial charge in [0.25, 0.3) is 0 Å². The van der Waals surface area contributed by atoms with Gasteiger partial charge in [-0.25, -0.2) is 13.1 Å². The van der Waals surface area contributed by atoms with Crippen LogP contribution >= 0.6 is 11.6 Å². The van der Waals surface area contributed by atoms with Crippen LogP contribution in [0.25, 0.3) is 0 Å². The molecule has 0 aliphatic rings. The summed E-state index contributed by atoms with van der Waals surface area (Å²) in [5, 5.41) is 2.17. The molecule has 164 valence electrons. The van der Waals surface area contributed by atoms with E-state index in [-0.39, 0.29) is 28.4 Å². The summed E-state index contributed by atoms with van der Waals surface area (Å²) in [7, 11) is -3.68. The Kier molecular flexibility index (Phi) is 7.21. The number of hydrogen-bond donors (Lipinski definition) is 2. The van der Waals surface area contributed by atoms with Gasteiger partial charge in [0, 0.05) is 17.0 Å². The Bertz CT molecular complexity index is 1020. The molecule has 10 heteroatoms. The van der Waals surface area contributed by atoms with Crippen LogP contribution in [-0.2, 0) is 27.4 Å². The molecule has 2 N–H and O–H groups in total. The normalized spacial score (nSPS) is 12.6. The summed E-state index contributed by atoms with van der Waals surface area (Å²) in [5.41, 5.74) is -1.35. The van der Waals surface area contributed by atoms with Gasteiger partial charge in [-0.3, -0.25) is 4.79 Å². The van der Waals surface area contributed by atoms with E-state index in [1.54, 1.807) is 32.9 Å². The standard InChI is InChI=1S/C20H22ClF3N2O3S/c1-19(2,3)26-30(28,29)15-8-4-13(5-9-15)6-11-18(27)25-17-10-7-14(21)12-16(17)20(22,23)24/h4-5,7-10,12,26H,6,11H2,1-3H3,(H,25,27). The molecule has 0 bridgehead atoms. The van der Waals surface area contributed by atoms with Crippen LogP contribution in [-0.4, -0.2) is 19.9 Å².